The molecule has 0 unspecified atom stereocenters. The van der Waals surface area contributed by atoms with Crippen LogP contribution in [-0.4, -0.2) is 20.6 Å². The maximum atomic E-state index is 12.1. The minimum atomic E-state index is -0.354. The van der Waals surface area contributed by atoms with Gasteiger partial charge in [0, 0.05) is 10.5 Å². The molecule has 1 aromatic heterocycles. The lowest BCUT2D eigenvalue weighted by Gasteiger charge is -2.12. The molecule has 100 valence electrons. The normalized spacial score (nSPS) is 10.8. The van der Waals surface area contributed by atoms with Gasteiger partial charge in [-0.25, -0.2) is 14.3 Å². The molecule has 6 heteroatoms. The van der Waals surface area contributed by atoms with Crippen molar-refractivity contribution in [3.8, 4) is 5.69 Å². The number of anilines is 1. The maximum absolute atomic E-state index is 12.1. The lowest BCUT2D eigenvalue weighted by Crippen LogP contribution is -2.25. The van der Waals surface area contributed by atoms with Crippen LogP contribution in [0.2, 0.25) is 0 Å². The van der Waals surface area contributed by atoms with Crippen LogP contribution in [0.25, 0.3) is 5.69 Å². The van der Waals surface area contributed by atoms with Gasteiger partial charge in [-0.15, -0.1) is 0 Å². The number of aryl methyl sites for hydroxylation is 1. The van der Waals surface area contributed by atoms with E-state index in [1.54, 1.807) is 0 Å². The molecule has 1 aromatic carbocycles. The number of nitrogens with one attached hydrogen (secondary N) is 1. The standard InChI is InChI=1S/C13H15BrN4O/c1-8(2)16-12-15-7-18(13(19)17-12)11-9(3)5-4-6-10(11)14/h4-8H,1-3H3,(H,16,17,19). The second-order valence-electron chi connectivity index (χ2n) is 4.54. The predicted molar refractivity (Wildman–Crippen MR) is 78.8 cm³/mol. The van der Waals surface area contributed by atoms with Crippen molar-refractivity contribution in [2.45, 2.75) is 26.8 Å². The third-order valence-electron chi connectivity index (χ3n) is 2.55. The fraction of sp³-hybridized carbons (Fsp3) is 0.308. The fourth-order valence-corrected chi connectivity index (χ4v) is 2.40. The number of benzene rings is 1. The van der Waals surface area contributed by atoms with Gasteiger partial charge < -0.3 is 5.32 Å². The minimum Gasteiger partial charge on any atom is -0.352 e. The number of hydrogen-bond donors (Lipinski definition) is 1. The molecule has 0 fully saturated rings. The minimum absolute atomic E-state index is 0.181. The average Bonchev–Trinajstić information content (AvgIpc) is 2.30. The second kappa shape index (κ2) is 5.52. The van der Waals surface area contributed by atoms with E-state index in [0.29, 0.717) is 5.95 Å². The van der Waals surface area contributed by atoms with E-state index in [1.165, 1.54) is 10.9 Å². The van der Waals surface area contributed by atoms with Gasteiger partial charge in [-0.05, 0) is 48.3 Å². The number of hydrogen-bond acceptors (Lipinski definition) is 4. The molecule has 0 radical (unpaired) electrons. The van der Waals surface area contributed by atoms with Gasteiger partial charge in [-0.1, -0.05) is 12.1 Å². The Hall–Kier alpha value is -1.69. The zero-order chi connectivity index (χ0) is 14.0. The maximum Gasteiger partial charge on any atom is 0.356 e. The van der Waals surface area contributed by atoms with Gasteiger partial charge in [0.1, 0.15) is 6.33 Å². The molecular weight excluding hydrogens is 308 g/mol. The highest BCUT2D eigenvalue weighted by Gasteiger charge is 2.10. The number of aromatic nitrogens is 3. The van der Waals surface area contributed by atoms with Crippen LogP contribution >= 0.6 is 15.9 Å². The van der Waals surface area contributed by atoms with Gasteiger partial charge in [-0.3, -0.25) is 0 Å². The van der Waals surface area contributed by atoms with Crippen LogP contribution in [0.3, 0.4) is 0 Å². The summed E-state index contributed by atoms with van der Waals surface area (Å²) < 4.78 is 2.27. The van der Waals surface area contributed by atoms with Crippen LogP contribution in [0.1, 0.15) is 19.4 Å². The Bertz CT molecular complexity index is 631. The van der Waals surface area contributed by atoms with E-state index in [2.05, 4.69) is 31.2 Å². The molecule has 1 heterocycles. The van der Waals surface area contributed by atoms with Gasteiger partial charge in [-0.2, -0.15) is 4.98 Å². The summed E-state index contributed by atoms with van der Waals surface area (Å²) in [5.74, 6) is 0.348. The zero-order valence-electron chi connectivity index (χ0n) is 11.0. The molecule has 0 aliphatic heterocycles. The first-order valence-corrected chi connectivity index (χ1v) is 6.76. The first-order valence-electron chi connectivity index (χ1n) is 5.96. The summed E-state index contributed by atoms with van der Waals surface area (Å²) in [4.78, 5) is 20.2. The van der Waals surface area contributed by atoms with Crippen molar-refractivity contribution in [2.24, 2.45) is 0 Å². The Kier molecular flexibility index (Phi) is 3.99. The Balaban J connectivity index is 2.50. The molecule has 0 amide bonds. The van der Waals surface area contributed by atoms with E-state index in [-0.39, 0.29) is 11.7 Å². The predicted octanol–water partition coefficient (Wildman–Crippen LogP) is 2.52. The molecule has 2 rings (SSSR count). The molecule has 0 saturated carbocycles. The van der Waals surface area contributed by atoms with Gasteiger partial charge in [0.25, 0.3) is 0 Å². The smallest absolute Gasteiger partial charge is 0.352 e. The van der Waals surface area contributed by atoms with Crippen molar-refractivity contribution in [1.29, 1.82) is 0 Å². The monoisotopic (exact) mass is 322 g/mol. The lowest BCUT2D eigenvalue weighted by atomic mass is 10.2. The quantitative estimate of drug-likeness (QED) is 0.943. The van der Waals surface area contributed by atoms with E-state index in [0.717, 1.165) is 15.7 Å². The number of rotatable bonds is 3. The molecule has 0 aliphatic rings. The van der Waals surface area contributed by atoms with Crippen molar-refractivity contribution in [3.05, 3.63) is 45.0 Å². The first kappa shape index (κ1) is 13.7. The Labute approximate surface area is 119 Å². The highest BCUT2D eigenvalue weighted by atomic mass is 79.9. The molecule has 0 saturated heterocycles. The Morgan fingerprint density at radius 1 is 1.37 bits per heavy atom. The Morgan fingerprint density at radius 3 is 2.68 bits per heavy atom. The van der Waals surface area contributed by atoms with Crippen LogP contribution in [-0.2, 0) is 0 Å². The first-order chi connectivity index (χ1) is 8.99. The van der Waals surface area contributed by atoms with Gasteiger partial charge in [0.05, 0.1) is 5.69 Å². The van der Waals surface area contributed by atoms with Gasteiger partial charge >= 0.3 is 5.69 Å². The second-order valence-corrected chi connectivity index (χ2v) is 5.39. The third-order valence-corrected chi connectivity index (χ3v) is 3.19. The van der Waals surface area contributed by atoms with Crippen molar-refractivity contribution < 1.29 is 0 Å². The van der Waals surface area contributed by atoms with Crippen molar-refractivity contribution in [2.75, 3.05) is 5.32 Å². The largest absolute Gasteiger partial charge is 0.356 e. The van der Waals surface area contributed by atoms with E-state index in [9.17, 15) is 4.79 Å². The van der Waals surface area contributed by atoms with E-state index in [1.807, 2.05) is 39.0 Å². The molecular formula is C13H15BrN4O. The van der Waals surface area contributed by atoms with E-state index >= 15 is 0 Å². The topological polar surface area (TPSA) is 59.8 Å². The summed E-state index contributed by atoms with van der Waals surface area (Å²) in [5, 5.41) is 3.01. The van der Waals surface area contributed by atoms with Crippen LogP contribution in [0.4, 0.5) is 5.95 Å². The molecule has 19 heavy (non-hydrogen) atoms. The van der Waals surface area contributed by atoms with E-state index in [4.69, 9.17) is 0 Å². The van der Waals surface area contributed by atoms with Crippen LogP contribution in [0.5, 0.6) is 0 Å². The molecule has 0 aliphatic carbocycles. The zero-order valence-corrected chi connectivity index (χ0v) is 12.6. The van der Waals surface area contributed by atoms with E-state index < -0.39 is 0 Å². The summed E-state index contributed by atoms with van der Waals surface area (Å²) in [7, 11) is 0. The summed E-state index contributed by atoms with van der Waals surface area (Å²) in [6, 6.07) is 5.92. The third kappa shape index (κ3) is 3.01. The summed E-state index contributed by atoms with van der Waals surface area (Å²) >= 11 is 3.45. The summed E-state index contributed by atoms with van der Waals surface area (Å²) in [6.07, 6.45) is 1.49. The number of para-hydroxylation sites is 1. The van der Waals surface area contributed by atoms with Crippen molar-refractivity contribution >= 4 is 21.9 Å². The highest BCUT2D eigenvalue weighted by Crippen LogP contribution is 2.22. The van der Waals surface area contributed by atoms with Crippen LogP contribution in [0.15, 0.2) is 33.8 Å². The Morgan fingerprint density at radius 2 is 2.11 bits per heavy atom. The fourth-order valence-electron chi connectivity index (χ4n) is 1.74. The van der Waals surface area contributed by atoms with Crippen molar-refractivity contribution in [3.63, 3.8) is 0 Å². The van der Waals surface area contributed by atoms with Gasteiger partial charge in [0.15, 0.2) is 0 Å². The van der Waals surface area contributed by atoms with Crippen molar-refractivity contribution in [1.82, 2.24) is 14.5 Å². The van der Waals surface area contributed by atoms with Crippen LogP contribution in [0, 0.1) is 6.92 Å². The molecule has 0 bridgehead atoms. The molecule has 5 nitrogen and oxygen atoms in total. The number of nitrogens with zero attached hydrogens (tertiary/aromatic N) is 3. The number of halogens is 1. The highest BCUT2D eigenvalue weighted by molar-refractivity contribution is 9.10. The SMILES string of the molecule is Cc1cccc(Br)c1-n1cnc(NC(C)C)nc1=O. The molecule has 2 aromatic rings. The lowest BCUT2D eigenvalue weighted by molar-refractivity contribution is 0.816. The van der Waals surface area contributed by atoms with Crippen LogP contribution < -0.4 is 11.0 Å². The molecule has 0 atom stereocenters. The average molecular weight is 323 g/mol. The van der Waals surface area contributed by atoms with Gasteiger partial charge in [0.2, 0.25) is 5.95 Å². The summed E-state index contributed by atoms with van der Waals surface area (Å²) in [5.41, 5.74) is 1.39. The molecule has 1 N–H and O–H groups in total. The summed E-state index contributed by atoms with van der Waals surface area (Å²) in [6.45, 7) is 5.87. The molecule has 0 spiro atoms.